The van der Waals surface area contributed by atoms with Crippen molar-refractivity contribution in [3.63, 3.8) is 0 Å². The van der Waals surface area contributed by atoms with Crippen molar-refractivity contribution in [1.82, 2.24) is 4.90 Å². The third kappa shape index (κ3) is 3.54. The van der Waals surface area contributed by atoms with Gasteiger partial charge in [-0.15, -0.1) is 0 Å². The minimum atomic E-state index is -4.59. The normalized spacial score (nSPS) is 18.7. The van der Waals surface area contributed by atoms with E-state index in [1.807, 2.05) is 13.8 Å². The van der Waals surface area contributed by atoms with Gasteiger partial charge >= 0.3 is 6.18 Å². The Morgan fingerprint density at radius 2 is 1.95 bits per heavy atom. The van der Waals surface area contributed by atoms with Crippen LogP contribution in [0.3, 0.4) is 0 Å². The van der Waals surface area contributed by atoms with E-state index in [9.17, 15) is 22.4 Å². The average Bonchev–Trinajstić information content (AvgIpc) is 2.36. The molecule has 2 rings (SSSR count). The molecule has 1 amide bonds. The molecule has 0 aromatic heterocycles. The molecular weight excluding hydrogens is 286 g/mol. The van der Waals surface area contributed by atoms with Gasteiger partial charge in [-0.25, -0.2) is 4.39 Å². The van der Waals surface area contributed by atoms with Gasteiger partial charge in [0, 0.05) is 13.1 Å². The highest BCUT2D eigenvalue weighted by Gasteiger charge is 2.34. The number of alkyl halides is 3. The Morgan fingerprint density at radius 1 is 1.29 bits per heavy atom. The van der Waals surface area contributed by atoms with Gasteiger partial charge in [0.1, 0.15) is 5.82 Å². The lowest BCUT2D eigenvalue weighted by Gasteiger charge is -2.38. The van der Waals surface area contributed by atoms with Crippen LogP contribution < -0.4 is 0 Å². The maximum absolute atomic E-state index is 13.7. The Kier molecular flexibility index (Phi) is 4.00. The van der Waals surface area contributed by atoms with E-state index in [0.29, 0.717) is 31.3 Å². The summed E-state index contributed by atoms with van der Waals surface area (Å²) in [6.07, 6.45) is -2.90. The summed E-state index contributed by atoms with van der Waals surface area (Å²) in [5.41, 5.74) is -1.63. The molecule has 0 radical (unpaired) electrons. The Morgan fingerprint density at radius 3 is 2.52 bits per heavy atom. The molecule has 0 spiro atoms. The zero-order chi connectivity index (χ0) is 15.8. The summed E-state index contributed by atoms with van der Waals surface area (Å²) >= 11 is 0. The topological polar surface area (TPSA) is 20.3 Å². The molecule has 1 heterocycles. The fourth-order valence-corrected chi connectivity index (χ4v) is 2.63. The van der Waals surface area contributed by atoms with Crippen molar-refractivity contribution < 1.29 is 22.4 Å². The van der Waals surface area contributed by atoms with Gasteiger partial charge in [-0.1, -0.05) is 13.8 Å². The number of amides is 1. The molecule has 0 atom stereocenters. The van der Waals surface area contributed by atoms with Crippen LogP contribution in [0.25, 0.3) is 0 Å². The summed E-state index contributed by atoms with van der Waals surface area (Å²) in [4.78, 5) is 13.7. The monoisotopic (exact) mass is 303 g/mol. The SMILES string of the molecule is CC1(C)CCCN(C(=O)c2cc(C(F)(F)F)ccc2F)C1. The first kappa shape index (κ1) is 15.8. The molecule has 116 valence electrons. The lowest BCUT2D eigenvalue weighted by molar-refractivity contribution is -0.137. The van der Waals surface area contributed by atoms with Crippen molar-refractivity contribution in [3.8, 4) is 0 Å². The molecule has 1 aliphatic rings. The van der Waals surface area contributed by atoms with Crippen LogP contribution in [-0.4, -0.2) is 23.9 Å². The van der Waals surface area contributed by atoms with Crippen molar-refractivity contribution in [3.05, 3.63) is 35.1 Å². The van der Waals surface area contributed by atoms with Crippen LogP contribution >= 0.6 is 0 Å². The van der Waals surface area contributed by atoms with Gasteiger partial charge in [-0.3, -0.25) is 4.79 Å². The number of likely N-dealkylation sites (tertiary alicyclic amines) is 1. The predicted octanol–water partition coefficient (Wildman–Crippen LogP) is 4.11. The minimum Gasteiger partial charge on any atom is -0.338 e. The Balaban J connectivity index is 2.30. The molecule has 2 nitrogen and oxygen atoms in total. The number of carbonyl (C=O) groups excluding carboxylic acids is 1. The lowest BCUT2D eigenvalue weighted by Crippen LogP contribution is -2.43. The highest BCUT2D eigenvalue weighted by atomic mass is 19.4. The predicted molar refractivity (Wildman–Crippen MR) is 70.3 cm³/mol. The van der Waals surface area contributed by atoms with E-state index in [1.54, 1.807) is 0 Å². The molecule has 0 aliphatic carbocycles. The van der Waals surface area contributed by atoms with Crippen molar-refractivity contribution in [2.75, 3.05) is 13.1 Å². The standard InChI is InChI=1S/C15H17F4NO/c1-14(2)6-3-7-20(9-14)13(21)11-8-10(15(17,18)19)4-5-12(11)16/h4-5,8H,3,6-7,9H2,1-2H3. The zero-order valence-corrected chi connectivity index (χ0v) is 11.9. The summed E-state index contributed by atoms with van der Waals surface area (Å²) in [5, 5.41) is 0. The molecule has 1 fully saturated rings. The third-order valence-corrected chi connectivity index (χ3v) is 3.71. The molecule has 21 heavy (non-hydrogen) atoms. The Labute approximate surface area is 120 Å². The van der Waals surface area contributed by atoms with Gasteiger partial charge in [-0.05, 0) is 36.5 Å². The summed E-state index contributed by atoms with van der Waals surface area (Å²) in [5.74, 6) is -1.59. The molecule has 1 aliphatic heterocycles. The van der Waals surface area contributed by atoms with E-state index in [2.05, 4.69) is 0 Å². The number of halogens is 4. The van der Waals surface area contributed by atoms with Gasteiger partial charge < -0.3 is 4.90 Å². The highest BCUT2D eigenvalue weighted by Crippen LogP contribution is 2.32. The van der Waals surface area contributed by atoms with Crippen molar-refractivity contribution in [2.45, 2.75) is 32.9 Å². The average molecular weight is 303 g/mol. The third-order valence-electron chi connectivity index (χ3n) is 3.71. The molecule has 0 bridgehead atoms. The highest BCUT2D eigenvalue weighted by molar-refractivity contribution is 5.94. The molecule has 6 heteroatoms. The van der Waals surface area contributed by atoms with Gasteiger partial charge in [-0.2, -0.15) is 13.2 Å². The second-order valence-corrected chi connectivity index (χ2v) is 6.19. The van der Waals surface area contributed by atoms with Gasteiger partial charge in [0.05, 0.1) is 11.1 Å². The molecule has 1 saturated heterocycles. The number of hydrogen-bond acceptors (Lipinski definition) is 1. The Hall–Kier alpha value is -1.59. The van der Waals surface area contributed by atoms with Crippen LogP contribution in [0.15, 0.2) is 18.2 Å². The molecular formula is C15H17F4NO. The fourth-order valence-electron chi connectivity index (χ4n) is 2.63. The van der Waals surface area contributed by atoms with Crippen LogP contribution in [0.1, 0.15) is 42.6 Å². The molecule has 0 N–H and O–H groups in total. The molecule has 1 aromatic rings. The Bertz CT molecular complexity index is 551. The van der Waals surface area contributed by atoms with E-state index in [0.717, 1.165) is 12.8 Å². The second-order valence-electron chi connectivity index (χ2n) is 6.19. The summed E-state index contributed by atoms with van der Waals surface area (Å²) in [6.45, 7) is 4.82. The first-order chi connectivity index (χ1) is 9.60. The van der Waals surface area contributed by atoms with Crippen LogP contribution in [0.5, 0.6) is 0 Å². The van der Waals surface area contributed by atoms with E-state index in [4.69, 9.17) is 0 Å². The summed E-state index contributed by atoms with van der Waals surface area (Å²) in [6, 6.07) is 1.94. The number of hydrogen-bond donors (Lipinski definition) is 0. The maximum Gasteiger partial charge on any atom is 0.416 e. The van der Waals surface area contributed by atoms with Crippen LogP contribution in [0.2, 0.25) is 0 Å². The maximum atomic E-state index is 13.7. The van der Waals surface area contributed by atoms with Gasteiger partial charge in [0.2, 0.25) is 0 Å². The van der Waals surface area contributed by atoms with E-state index < -0.39 is 29.0 Å². The summed E-state index contributed by atoms with van der Waals surface area (Å²) in [7, 11) is 0. The zero-order valence-electron chi connectivity index (χ0n) is 11.9. The number of benzene rings is 1. The van der Waals surface area contributed by atoms with Crippen LogP contribution in [-0.2, 0) is 6.18 Å². The van der Waals surface area contributed by atoms with Gasteiger partial charge in [0.15, 0.2) is 0 Å². The second kappa shape index (κ2) is 5.31. The minimum absolute atomic E-state index is 0.105. The lowest BCUT2D eigenvalue weighted by atomic mass is 9.84. The van der Waals surface area contributed by atoms with E-state index >= 15 is 0 Å². The number of rotatable bonds is 1. The fraction of sp³-hybridized carbons (Fsp3) is 0.533. The number of nitrogens with zero attached hydrogens (tertiary/aromatic N) is 1. The van der Waals surface area contributed by atoms with Crippen molar-refractivity contribution >= 4 is 5.91 Å². The van der Waals surface area contributed by atoms with Gasteiger partial charge in [0.25, 0.3) is 5.91 Å². The van der Waals surface area contributed by atoms with E-state index in [1.165, 1.54) is 4.90 Å². The van der Waals surface area contributed by atoms with Crippen LogP contribution in [0.4, 0.5) is 17.6 Å². The molecule has 0 unspecified atom stereocenters. The van der Waals surface area contributed by atoms with E-state index in [-0.39, 0.29) is 5.41 Å². The smallest absolute Gasteiger partial charge is 0.338 e. The summed E-state index contributed by atoms with van der Waals surface area (Å²) < 4.78 is 51.8. The first-order valence-corrected chi connectivity index (χ1v) is 6.76. The number of carbonyl (C=O) groups is 1. The quantitative estimate of drug-likeness (QED) is 0.715. The molecule has 1 aromatic carbocycles. The largest absolute Gasteiger partial charge is 0.416 e. The van der Waals surface area contributed by atoms with Crippen molar-refractivity contribution in [1.29, 1.82) is 0 Å². The van der Waals surface area contributed by atoms with Crippen molar-refractivity contribution in [2.24, 2.45) is 5.41 Å². The number of piperidine rings is 1. The molecule has 0 saturated carbocycles. The van der Waals surface area contributed by atoms with Crippen LogP contribution in [0, 0.1) is 11.2 Å². The first-order valence-electron chi connectivity index (χ1n) is 6.76.